The van der Waals surface area contributed by atoms with Crippen molar-refractivity contribution >= 4 is 51.9 Å². The Morgan fingerprint density at radius 3 is 1.84 bits per heavy atom. The molecule has 43 heavy (non-hydrogen) atoms. The number of fused-ring (bicyclic) bond motifs is 7. The quantitative estimate of drug-likeness (QED) is 0.182. The highest BCUT2D eigenvalue weighted by Gasteiger charge is 2.44. The third kappa shape index (κ3) is 3.64. The third-order valence-corrected chi connectivity index (χ3v) is 11.2. The molecule has 0 spiro atoms. The lowest BCUT2D eigenvalue weighted by Crippen LogP contribution is -2.58. The van der Waals surface area contributed by atoms with E-state index in [1.165, 1.54) is 56.1 Å². The van der Waals surface area contributed by atoms with Crippen molar-refractivity contribution in [2.75, 3.05) is 4.90 Å². The van der Waals surface area contributed by atoms with Crippen molar-refractivity contribution in [3.05, 3.63) is 108 Å². The number of hydrogen-bond donors (Lipinski definition) is 0. The van der Waals surface area contributed by atoms with Crippen molar-refractivity contribution in [1.82, 2.24) is 0 Å². The van der Waals surface area contributed by atoms with Crippen LogP contribution in [-0.4, -0.2) is 6.71 Å². The average molecular weight is 578 g/mol. The highest BCUT2D eigenvalue weighted by Crippen LogP contribution is 2.52. The first-order valence-electron chi connectivity index (χ1n) is 15.3. The molecule has 0 aromatic heterocycles. The summed E-state index contributed by atoms with van der Waals surface area (Å²) in [4.78, 5) is 4.88. The van der Waals surface area contributed by atoms with Crippen LogP contribution in [-0.2, 0) is 10.8 Å². The molecular formula is C38H32BNO2S. The number of rotatable bonds is 1. The molecule has 5 aromatic rings. The van der Waals surface area contributed by atoms with E-state index in [0.717, 1.165) is 34.1 Å². The molecule has 3 aliphatic heterocycles. The van der Waals surface area contributed by atoms with Crippen LogP contribution in [0.4, 0.5) is 17.1 Å². The van der Waals surface area contributed by atoms with E-state index in [9.17, 15) is 0 Å². The normalized spacial score (nSPS) is 17.7. The molecule has 0 N–H and O–H groups in total. The second kappa shape index (κ2) is 8.73. The molecule has 3 nitrogen and oxygen atoms in total. The zero-order valence-electron chi connectivity index (χ0n) is 24.9. The number of hydrogen-bond acceptors (Lipinski definition) is 4. The van der Waals surface area contributed by atoms with E-state index in [4.69, 9.17) is 9.47 Å². The molecule has 1 aliphatic carbocycles. The van der Waals surface area contributed by atoms with Crippen molar-refractivity contribution in [1.29, 1.82) is 0 Å². The number of nitrogens with zero attached hydrogens (tertiary/aromatic N) is 1. The van der Waals surface area contributed by atoms with E-state index in [-0.39, 0.29) is 17.5 Å². The van der Waals surface area contributed by atoms with E-state index in [0.29, 0.717) is 0 Å². The van der Waals surface area contributed by atoms with Gasteiger partial charge in [0.25, 0.3) is 6.71 Å². The van der Waals surface area contributed by atoms with Crippen LogP contribution in [0.15, 0.2) is 107 Å². The summed E-state index contributed by atoms with van der Waals surface area (Å²) in [5, 5.41) is 0. The van der Waals surface area contributed by atoms with Gasteiger partial charge in [-0.1, -0.05) is 81.9 Å². The standard InChI is InChI=1S/C38H32BNO2S/c1-37(2)18-19-38(3,4)25-22-33-27(21-24(25)37)39-26-17-16-23(20-32(26)41-30-12-9-13-31(42-33)36(30)39)40-28-10-5-7-14-34(28)43-35-15-8-6-11-29(35)40/h5-17,20-22H,18-19H2,1-4H3. The third-order valence-electron chi connectivity index (χ3n) is 10.0. The maximum Gasteiger partial charge on any atom is 0.260 e. The number of benzene rings is 5. The highest BCUT2D eigenvalue weighted by atomic mass is 32.2. The Hall–Kier alpha value is -4.09. The number of ether oxygens (including phenoxy) is 2. The summed E-state index contributed by atoms with van der Waals surface area (Å²) in [7, 11) is 0. The second-order valence-corrected chi connectivity index (χ2v) is 14.7. The van der Waals surface area contributed by atoms with E-state index in [2.05, 4.69) is 124 Å². The van der Waals surface area contributed by atoms with Crippen LogP contribution in [0.3, 0.4) is 0 Å². The highest BCUT2D eigenvalue weighted by molar-refractivity contribution is 7.99. The Bertz CT molecular complexity index is 1950. The Kier molecular flexibility index (Phi) is 5.16. The van der Waals surface area contributed by atoms with Crippen LogP contribution >= 0.6 is 11.8 Å². The molecule has 0 saturated carbocycles. The maximum atomic E-state index is 6.72. The van der Waals surface area contributed by atoms with Crippen LogP contribution in [0, 0.1) is 0 Å². The van der Waals surface area contributed by atoms with Gasteiger partial charge in [-0.3, -0.25) is 0 Å². The number of anilines is 3. The van der Waals surface area contributed by atoms with Crippen LogP contribution in [0.1, 0.15) is 51.7 Å². The van der Waals surface area contributed by atoms with Gasteiger partial charge in [-0.2, -0.15) is 0 Å². The first-order valence-corrected chi connectivity index (χ1v) is 16.1. The first-order chi connectivity index (χ1) is 20.8. The monoisotopic (exact) mass is 577 g/mol. The van der Waals surface area contributed by atoms with Gasteiger partial charge in [0.05, 0.1) is 11.4 Å². The largest absolute Gasteiger partial charge is 0.458 e. The first kappa shape index (κ1) is 25.4. The fraction of sp³-hybridized carbons (Fsp3) is 0.211. The van der Waals surface area contributed by atoms with Crippen molar-refractivity contribution in [3.63, 3.8) is 0 Å². The SMILES string of the molecule is CC1(C)CCC(C)(C)c2cc3c(cc21)Oc1cccc2c1B3c1ccc(N3c4ccccc4Sc4ccccc43)cc1O2. The average Bonchev–Trinajstić information content (AvgIpc) is 3.01. The Morgan fingerprint density at radius 2 is 1.19 bits per heavy atom. The van der Waals surface area contributed by atoms with Crippen molar-refractivity contribution in [2.24, 2.45) is 0 Å². The fourth-order valence-corrected chi connectivity index (χ4v) is 8.66. The van der Waals surface area contributed by atoms with Crippen LogP contribution in [0.2, 0.25) is 0 Å². The van der Waals surface area contributed by atoms with Gasteiger partial charge in [0.2, 0.25) is 0 Å². The Labute approximate surface area is 257 Å². The Morgan fingerprint density at radius 1 is 0.605 bits per heavy atom. The van der Waals surface area contributed by atoms with E-state index < -0.39 is 0 Å². The van der Waals surface area contributed by atoms with E-state index in [1.807, 2.05) is 17.8 Å². The predicted octanol–water partition coefficient (Wildman–Crippen LogP) is 8.70. The molecule has 3 heterocycles. The molecule has 0 bridgehead atoms. The van der Waals surface area contributed by atoms with Crippen molar-refractivity contribution in [2.45, 2.75) is 61.2 Å². The second-order valence-electron chi connectivity index (χ2n) is 13.6. The van der Waals surface area contributed by atoms with Gasteiger partial charge in [0.1, 0.15) is 23.0 Å². The van der Waals surface area contributed by atoms with Gasteiger partial charge in [-0.25, -0.2) is 0 Å². The van der Waals surface area contributed by atoms with Gasteiger partial charge in [-0.15, -0.1) is 0 Å². The molecule has 0 radical (unpaired) electrons. The molecule has 210 valence electrons. The van der Waals surface area contributed by atoms with Gasteiger partial charge in [0, 0.05) is 27.0 Å². The summed E-state index contributed by atoms with van der Waals surface area (Å²) < 4.78 is 13.4. The summed E-state index contributed by atoms with van der Waals surface area (Å²) in [5.41, 5.74) is 10.2. The minimum absolute atomic E-state index is 0.0513. The summed E-state index contributed by atoms with van der Waals surface area (Å²) in [6, 6.07) is 35.1. The smallest absolute Gasteiger partial charge is 0.260 e. The van der Waals surface area contributed by atoms with Crippen LogP contribution in [0.5, 0.6) is 23.0 Å². The molecule has 0 atom stereocenters. The summed E-state index contributed by atoms with van der Waals surface area (Å²) in [5.74, 6) is 3.66. The summed E-state index contributed by atoms with van der Waals surface area (Å²) >= 11 is 1.83. The zero-order valence-corrected chi connectivity index (χ0v) is 25.7. The maximum absolute atomic E-state index is 6.72. The van der Waals surface area contributed by atoms with E-state index in [1.54, 1.807) is 0 Å². The zero-order chi connectivity index (χ0) is 29.1. The van der Waals surface area contributed by atoms with Crippen molar-refractivity contribution < 1.29 is 9.47 Å². The number of para-hydroxylation sites is 2. The van der Waals surface area contributed by atoms with Gasteiger partial charge < -0.3 is 14.4 Å². The lowest BCUT2D eigenvalue weighted by Gasteiger charge is -2.43. The molecular weight excluding hydrogens is 545 g/mol. The van der Waals surface area contributed by atoms with Gasteiger partial charge in [0.15, 0.2) is 0 Å². The van der Waals surface area contributed by atoms with E-state index >= 15 is 0 Å². The van der Waals surface area contributed by atoms with Crippen molar-refractivity contribution in [3.8, 4) is 23.0 Å². The van der Waals surface area contributed by atoms with Crippen LogP contribution in [0.25, 0.3) is 0 Å². The predicted molar refractivity (Wildman–Crippen MR) is 178 cm³/mol. The molecule has 0 amide bonds. The summed E-state index contributed by atoms with van der Waals surface area (Å²) in [6.45, 7) is 9.60. The molecule has 5 aromatic carbocycles. The molecule has 0 fully saturated rings. The topological polar surface area (TPSA) is 21.7 Å². The lowest BCUT2D eigenvalue weighted by atomic mass is 9.34. The molecule has 9 rings (SSSR count). The molecule has 4 aliphatic rings. The molecule has 0 saturated heterocycles. The van der Waals surface area contributed by atoms with Crippen LogP contribution < -0.4 is 30.8 Å². The minimum Gasteiger partial charge on any atom is -0.458 e. The van der Waals surface area contributed by atoms with Gasteiger partial charge >= 0.3 is 0 Å². The minimum atomic E-state index is 0.0513. The molecule has 0 unspecified atom stereocenters. The summed E-state index contributed by atoms with van der Waals surface area (Å²) in [6.07, 6.45) is 2.36. The lowest BCUT2D eigenvalue weighted by molar-refractivity contribution is 0.330. The fourth-order valence-electron chi connectivity index (χ4n) is 7.60. The Balaban J connectivity index is 1.24. The molecule has 5 heteroatoms. The van der Waals surface area contributed by atoms with Gasteiger partial charge in [-0.05, 0) is 94.3 Å².